The Balaban J connectivity index is 1.85. The second-order valence-corrected chi connectivity index (χ2v) is 8.31. The molecule has 3 aromatic rings. The number of nitrogens with zero attached hydrogens (tertiary/aromatic N) is 2. The number of carbonyl (C=O) groups is 1. The van der Waals surface area contributed by atoms with Crippen LogP contribution in [0.15, 0.2) is 58.4 Å². The second-order valence-electron chi connectivity index (χ2n) is 8.31. The van der Waals surface area contributed by atoms with Crippen molar-refractivity contribution in [3.63, 3.8) is 0 Å². The Labute approximate surface area is 175 Å². The minimum Gasteiger partial charge on any atom is -0.399 e. The van der Waals surface area contributed by atoms with Gasteiger partial charge in [0.2, 0.25) is 0 Å². The molecule has 4 N–H and O–H groups in total. The quantitative estimate of drug-likeness (QED) is 0.351. The molecule has 0 aliphatic heterocycles. The number of nitrogen functional groups attached to an aromatic ring is 1. The molecule has 2 aromatic carbocycles. The molecule has 7 heteroatoms. The maximum atomic E-state index is 13.0. The number of aryl methyl sites for hydroxylation is 1. The minimum atomic E-state index is -0.374. The number of aromatic nitrogens is 2. The maximum absolute atomic E-state index is 13.0. The molecule has 30 heavy (non-hydrogen) atoms. The van der Waals surface area contributed by atoms with Gasteiger partial charge in [-0.05, 0) is 61.2 Å². The van der Waals surface area contributed by atoms with E-state index in [0.717, 1.165) is 5.69 Å². The van der Waals surface area contributed by atoms with Gasteiger partial charge in [-0.3, -0.25) is 14.7 Å². The highest BCUT2D eigenvalue weighted by Crippen LogP contribution is 2.23. The summed E-state index contributed by atoms with van der Waals surface area (Å²) in [5.41, 5.74) is 12.4. The number of H-pyrrole nitrogens is 1. The zero-order valence-electron chi connectivity index (χ0n) is 17.9. The third-order valence-electron chi connectivity index (χ3n) is 4.92. The third kappa shape index (κ3) is 4.35. The van der Waals surface area contributed by atoms with E-state index >= 15 is 0 Å². The van der Waals surface area contributed by atoms with E-state index in [1.807, 2.05) is 24.3 Å². The Kier molecular flexibility index (Phi) is 5.64. The van der Waals surface area contributed by atoms with Crippen molar-refractivity contribution in [3.8, 4) is 5.69 Å². The normalized spacial score (nSPS) is 12.1. The summed E-state index contributed by atoms with van der Waals surface area (Å²) in [6, 6.07) is 14.4. The number of nitrogens with one attached hydrogen (secondary N) is 2. The predicted octanol–water partition coefficient (Wildman–Crippen LogP) is 3.51. The highest BCUT2D eigenvalue weighted by Gasteiger charge is 2.17. The van der Waals surface area contributed by atoms with Crippen molar-refractivity contribution in [3.05, 3.63) is 81.3 Å². The number of aromatic amines is 1. The van der Waals surface area contributed by atoms with Gasteiger partial charge in [-0.2, -0.15) is 5.10 Å². The summed E-state index contributed by atoms with van der Waals surface area (Å²) < 4.78 is 1.48. The van der Waals surface area contributed by atoms with Gasteiger partial charge in [0.05, 0.1) is 17.0 Å². The van der Waals surface area contributed by atoms with Crippen LogP contribution in [-0.2, 0) is 5.41 Å². The first kappa shape index (κ1) is 21.1. The van der Waals surface area contributed by atoms with Gasteiger partial charge in [0, 0.05) is 16.9 Å². The Bertz CT molecular complexity index is 1140. The number of nitrogens with two attached hydrogens (primary N) is 1. The Morgan fingerprint density at radius 3 is 2.23 bits per heavy atom. The van der Waals surface area contributed by atoms with Gasteiger partial charge < -0.3 is 5.73 Å². The van der Waals surface area contributed by atoms with Gasteiger partial charge >= 0.3 is 0 Å². The van der Waals surface area contributed by atoms with E-state index in [2.05, 4.69) is 36.4 Å². The van der Waals surface area contributed by atoms with Crippen molar-refractivity contribution < 1.29 is 4.79 Å². The van der Waals surface area contributed by atoms with Crippen molar-refractivity contribution in [2.45, 2.75) is 40.0 Å². The summed E-state index contributed by atoms with van der Waals surface area (Å²) in [7, 11) is 0. The lowest BCUT2D eigenvalue weighted by atomic mass is 9.87. The molecular weight excluding hydrogens is 378 g/mol. The summed E-state index contributed by atoms with van der Waals surface area (Å²) in [5, 5.41) is 7.21. The first-order chi connectivity index (χ1) is 14.1. The van der Waals surface area contributed by atoms with Crippen molar-refractivity contribution in [1.82, 2.24) is 15.2 Å². The van der Waals surface area contributed by atoms with Crippen molar-refractivity contribution in [2.24, 2.45) is 5.10 Å². The van der Waals surface area contributed by atoms with Crippen LogP contribution in [-0.4, -0.2) is 21.4 Å². The first-order valence-corrected chi connectivity index (χ1v) is 9.71. The number of hydrogen-bond acceptors (Lipinski definition) is 4. The van der Waals surface area contributed by atoms with Gasteiger partial charge in [-0.25, -0.2) is 10.1 Å². The molecule has 3 rings (SSSR count). The van der Waals surface area contributed by atoms with Gasteiger partial charge in [-0.15, -0.1) is 0 Å². The molecule has 1 amide bonds. The Morgan fingerprint density at radius 2 is 1.67 bits per heavy atom. The second kappa shape index (κ2) is 8.02. The predicted molar refractivity (Wildman–Crippen MR) is 120 cm³/mol. The smallest absolute Gasteiger partial charge is 0.280 e. The van der Waals surface area contributed by atoms with Crippen LogP contribution in [0.5, 0.6) is 0 Å². The molecule has 0 fully saturated rings. The lowest BCUT2D eigenvalue weighted by Gasteiger charge is -2.19. The largest absolute Gasteiger partial charge is 0.399 e. The van der Waals surface area contributed by atoms with Crippen LogP contribution in [0.1, 0.15) is 54.9 Å². The summed E-state index contributed by atoms with van der Waals surface area (Å²) >= 11 is 0. The summed E-state index contributed by atoms with van der Waals surface area (Å²) in [5.74, 6) is -0.374. The molecule has 156 valence electrons. The average Bonchev–Trinajstić information content (AvgIpc) is 3.00. The number of anilines is 1. The van der Waals surface area contributed by atoms with Gasteiger partial charge in [0.1, 0.15) is 0 Å². The number of hydrazone groups is 1. The molecule has 0 unspecified atom stereocenters. The molecule has 0 aliphatic rings. The molecule has 0 aliphatic carbocycles. The van der Waals surface area contributed by atoms with Crippen molar-refractivity contribution in [1.29, 1.82) is 0 Å². The lowest BCUT2D eigenvalue weighted by Crippen LogP contribution is -2.23. The van der Waals surface area contributed by atoms with Crippen molar-refractivity contribution in [2.75, 3.05) is 5.73 Å². The summed E-state index contributed by atoms with van der Waals surface area (Å²) in [6.45, 7) is 9.92. The number of hydrogen-bond donors (Lipinski definition) is 3. The molecule has 0 saturated heterocycles. The van der Waals surface area contributed by atoms with Crippen LogP contribution in [0.25, 0.3) is 5.69 Å². The van der Waals surface area contributed by atoms with Crippen molar-refractivity contribution >= 4 is 17.3 Å². The van der Waals surface area contributed by atoms with E-state index in [0.29, 0.717) is 28.2 Å². The molecule has 0 saturated carbocycles. The fourth-order valence-corrected chi connectivity index (χ4v) is 3.15. The van der Waals surface area contributed by atoms with Gasteiger partial charge in [0.25, 0.3) is 11.5 Å². The van der Waals surface area contributed by atoms with Crippen LogP contribution in [0.3, 0.4) is 0 Å². The summed E-state index contributed by atoms with van der Waals surface area (Å²) in [6.07, 6.45) is 0. The number of rotatable bonds is 4. The monoisotopic (exact) mass is 405 g/mol. The number of benzene rings is 2. The highest BCUT2D eigenvalue weighted by atomic mass is 16.2. The SMILES string of the molecule is C/C(=N/NC(=O)c1ccc(N)cc1)c1c(C)[nH]n(-c2ccc(C(C)(C)C)cc2)c1=O. The molecule has 7 nitrogen and oxygen atoms in total. The zero-order valence-corrected chi connectivity index (χ0v) is 17.9. The van der Waals surface area contributed by atoms with E-state index in [-0.39, 0.29) is 16.9 Å². The van der Waals surface area contributed by atoms with Gasteiger partial charge in [-0.1, -0.05) is 32.9 Å². The number of carbonyl (C=O) groups excluding carboxylic acids is 1. The third-order valence-corrected chi connectivity index (χ3v) is 4.92. The standard InChI is InChI=1S/C23H27N5O2/c1-14(25-26-21(29)16-6-10-18(24)11-7-16)20-15(2)27-28(22(20)30)19-12-8-17(9-13-19)23(3,4)5/h6-13,27H,24H2,1-5H3,(H,26,29)/b25-14-. The first-order valence-electron chi connectivity index (χ1n) is 9.71. The molecular formula is C23H27N5O2. The highest BCUT2D eigenvalue weighted by molar-refractivity contribution is 6.01. The molecule has 1 aromatic heterocycles. The Morgan fingerprint density at radius 1 is 1.07 bits per heavy atom. The van der Waals surface area contributed by atoms with Crippen LogP contribution >= 0.6 is 0 Å². The molecule has 1 heterocycles. The fraction of sp³-hybridized carbons (Fsp3) is 0.261. The van der Waals surface area contributed by atoms with Crippen LogP contribution in [0, 0.1) is 6.92 Å². The molecule has 0 bridgehead atoms. The van der Waals surface area contributed by atoms with E-state index in [1.165, 1.54) is 10.2 Å². The number of amides is 1. The Hall–Kier alpha value is -3.61. The minimum absolute atomic E-state index is 0.0340. The zero-order chi connectivity index (χ0) is 22.1. The van der Waals surface area contributed by atoms with Crippen LogP contribution in [0.4, 0.5) is 5.69 Å². The van der Waals surface area contributed by atoms with E-state index < -0.39 is 0 Å². The van der Waals surface area contributed by atoms with E-state index in [9.17, 15) is 9.59 Å². The lowest BCUT2D eigenvalue weighted by molar-refractivity contribution is 0.0955. The molecule has 0 spiro atoms. The molecule has 0 atom stereocenters. The summed E-state index contributed by atoms with van der Waals surface area (Å²) in [4.78, 5) is 25.2. The fourth-order valence-electron chi connectivity index (χ4n) is 3.15. The van der Waals surface area contributed by atoms with E-state index in [1.54, 1.807) is 38.1 Å². The maximum Gasteiger partial charge on any atom is 0.280 e. The van der Waals surface area contributed by atoms with E-state index in [4.69, 9.17) is 5.73 Å². The average molecular weight is 406 g/mol. The van der Waals surface area contributed by atoms with Crippen LogP contribution < -0.4 is 16.7 Å². The topological polar surface area (TPSA) is 105 Å². The molecule has 0 radical (unpaired) electrons. The van der Waals surface area contributed by atoms with Crippen LogP contribution in [0.2, 0.25) is 0 Å². The van der Waals surface area contributed by atoms with Gasteiger partial charge in [0.15, 0.2) is 0 Å².